The van der Waals surface area contributed by atoms with Crippen molar-refractivity contribution in [3.8, 4) is 0 Å². The fraction of sp³-hybridized carbons (Fsp3) is 0.500. The van der Waals surface area contributed by atoms with E-state index in [0.29, 0.717) is 12.5 Å². The number of piperidine rings is 1. The molecular formula is C20H27N3O. The van der Waals surface area contributed by atoms with Gasteiger partial charge in [-0.15, -0.1) is 0 Å². The third-order valence-corrected chi connectivity index (χ3v) is 4.80. The molecule has 128 valence electrons. The topological polar surface area (TPSA) is 54.0 Å². The maximum atomic E-state index is 11.8. The highest BCUT2D eigenvalue weighted by Gasteiger charge is 2.36. The predicted octanol–water partition coefficient (Wildman–Crippen LogP) is 3.33. The Balaban J connectivity index is 1.72. The normalized spacial score (nSPS) is 21.8. The lowest BCUT2D eigenvalue weighted by molar-refractivity contribution is -0.125. The minimum atomic E-state index is 0.0403. The van der Waals surface area contributed by atoms with Gasteiger partial charge >= 0.3 is 0 Å². The minimum absolute atomic E-state index is 0.0403. The van der Waals surface area contributed by atoms with E-state index < -0.39 is 0 Å². The molecule has 0 radical (unpaired) electrons. The lowest BCUT2D eigenvalue weighted by atomic mass is 9.78. The van der Waals surface area contributed by atoms with Gasteiger partial charge in [0.15, 0.2) is 0 Å². The summed E-state index contributed by atoms with van der Waals surface area (Å²) in [4.78, 5) is 16.3. The fourth-order valence-electron chi connectivity index (χ4n) is 3.48. The van der Waals surface area contributed by atoms with Gasteiger partial charge in [-0.25, -0.2) is 0 Å². The number of hydrogen-bond acceptors (Lipinski definition) is 3. The Labute approximate surface area is 144 Å². The van der Waals surface area contributed by atoms with Gasteiger partial charge in [0.05, 0.1) is 5.52 Å². The van der Waals surface area contributed by atoms with E-state index in [-0.39, 0.29) is 17.4 Å². The van der Waals surface area contributed by atoms with E-state index in [2.05, 4.69) is 60.7 Å². The van der Waals surface area contributed by atoms with E-state index in [0.717, 1.165) is 24.2 Å². The van der Waals surface area contributed by atoms with Gasteiger partial charge in [0, 0.05) is 36.1 Å². The van der Waals surface area contributed by atoms with Crippen LogP contribution in [-0.4, -0.2) is 23.0 Å². The van der Waals surface area contributed by atoms with Crippen molar-refractivity contribution in [2.75, 3.05) is 0 Å². The lowest BCUT2D eigenvalue weighted by Crippen LogP contribution is -2.59. The molecule has 4 nitrogen and oxygen atoms in total. The SMILES string of the molecule is Cc1ccc2cc(CN[C@@H]3CCC(=O)N[C@H]3C(C)(C)C)ccc2n1. The van der Waals surface area contributed by atoms with E-state index in [1.54, 1.807) is 0 Å². The summed E-state index contributed by atoms with van der Waals surface area (Å²) >= 11 is 0. The number of rotatable bonds is 3. The summed E-state index contributed by atoms with van der Waals surface area (Å²) in [5.41, 5.74) is 3.37. The number of hydrogen-bond donors (Lipinski definition) is 2. The van der Waals surface area contributed by atoms with Crippen molar-refractivity contribution in [1.29, 1.82) is 0 Å². The first-order valence-corrected chi connectivity index (χ1v) is 8.72. The summed E-state index contributed by atoms with van der Waals surface area (Å²) < 4.78 is 0. The molecule has 3 rings (SSSR count). The highest BCUT2D eigenvalue weighted by molar-refractivity contribution is 5.79. The van der Waals surface area contributed by atoms with Gasteiger partial charge in [-0.05, 0) is 42.5 Å². The molecule has 1 aromatic carbocycles. The molecule has 0 spiro atoms. The van der Waals surface area contributed by atoms with Crippen LogP contribution < -0.4 is 10.6 Å². The molecule has 2 heterocycles. The van der Waals surface area contributed by atoms with Crippen LogP contribution in [0.5, 0.6) is 0 Å². The van der Waals surface area contributed by atoms with Crippen molar-refractivity contribution in [3.63, 3.8) is 0 Å². The molecule has 1 amide bonds. The molecule has 1 saturated heterocycles. The van der Waals surface area contributed by atoms with Gasteiger partial charge in [-0.1, -0.05) is 32.9 Å². The Hall–Kier alpha value is -1.94. The van der Waals surface area contributed by atoms with Crippen molar-refractivity contribution in [2.24, 2.45) is 5.41 Å². The van der Waals surface area contributed by atoms with Crippen LogP contribution in [-0.2, 0) is 11.3 Å². The first-order valence-electron chi connectivity index (χ1n) is 8.72. The molecule has 2 N–H and O–H groups in total. The smallest absolute Gasteiger partial charge is 0.220 e. The molecule has 1 aliphatic rings. The first-order chi connectivity index (χ1) is 11.3. The van der Waals surface area contributed by atoms with Crippen LogP contribution in [0.1, 0.15) is 44.9 Å². The zero-order chi connectivity index (χ0) is 17.3. The van der Waals surface area contributed by atoms with Crippen LogP contribution >= 0.6 is 0 Å². The zero-order valence-electron chi connectivity index (χ0n) is 15.0. The zero-order valence-corrected chi connectivity index (χ0v) is 15.0. The molecule has 0 bridgehead atoms. The Morgan fingerprint density at radius 1 is 1.25 bits per heavy atom. The second-order valence-electron chi connectivity index (χ2n) is 7.92. The highest BCUT2D eigenvalue weighted by atomic mass is 16.1. The van der Waals surface area contributed by atoms with Crippen molar-refractivity contribution in [3.05, 3.63) is 41.6 Å². The van der Waals surface area contributed by atoms with E-state index in [1.807, 2.05) is 13.0 Å². The Morgan fingerprint density at radius 2 is 2.04 bits per heavy atom. The quantitative estimate of drug-likeness (QED) is 0.910. The standard InChI is InChI=1S/C20H27N3O/c1-13-5-7-15-11-14(6-8-16(15)22-13)12-21-17-9-10-18(24)23-19(17)20(2,3)4/h5-8,11,17,19,21H,9-10,12H2,1-4H3,(H,23,24)/t17-,19-/m1/s1. The first kappa shape index (κ1) is 16.9. The molecule has 0 saturated carbocycles. The molecule has 2 aromatic rings. The van der Waals surface area contributed by atoms with E-state index in [9.17, 15) is 4.79 Å². The number of aromatic nitrogens is 1. The summed E-state index contributed by atoms with van der Waals surface area (Å²) in [6.07, 6.45) is 1.49. The monoisotopic (exact) mass is 325 g/mol. The van der Waals surface area contributed by atoms with Crippen molar-refractivity contribution in [1.82, 2.24) is 15.6 Å². The highest BCUT2D eigenvalue weighted by Crippen LogP contribution is 2.27. The number of nitrogens with zero attached hydrogens (tertiary/aromatic N) is 1. The van der Waals surface area contributed by atoms with Crippen LogP contribution in [0.3, 0.4) is 0 Å². The van der Waals surface area contributed by atoms with Gasteiger partial charge < -0.3 is 10.6 Å². The number of aryl methyl sites for hydroxylation is 1. The van der Waals surface area contributed by atoms with Gasteiger partial charge in [0.2, 0.25) is 5.91 Å². The van der Waals surface area contributed by atoms with Crippen LogP contribution in [0.2, 0.25) is 0 Å². The number of amides is 1. The third kappa shape index (κ3) is 3.75. The summed E-state index contributed by atoms with van der Waals surface area (Å²) in [5.74, 6) is 0.167. The minimum Gasteiger partial charge on any atom is -0.351 e. The summed E-state index contributed by atoms with van der Waals surface area (Å²) in [5, 5.41) is 7.99. The lowest BCUT2D eigenvalue weighted by Gasteiger charge is -2.41. The summed E-state index contributed by atoms with van der Waals surface area (Å²) in [6, 6.07) is 11.0. The molecule has 1 fully saturated rings. The molecular weight excluding hydrogens is 298 g/mol. The molecule has 2 atom stereocenters. The average Bonchev–Trinajstić information content (AvgIpc) is 2.52. The van der Waals surface area contributed by atoms with Crippen molar-refractivity contribution in [2.45, 2.75) is 59.2 Å². The van der Waals surface area contributed by atoms with Gasteiger partial charge in [0.25, 0.3) is 0 Å². The molecule has 1 aromatic heterocycles. The number of nitrogens with one attached hydrogen (secondary N) is 2. The van der Waals surface area contributed by atoms with Crippen LogP contribution in [0, 0.1) is 12.3 Å². The summed E-state index contributed by atoms with van der Waals surface area (Å²) in [6.45, 7) is 9.36. The number of carbonyl (C=O) groups excluding carboxylic acids is 1. The van der Waals surface area contributed by atoms with E-state index >= 15 is 0 Å². The predicted molar refractivity (Wildman–Crippen MR) is 97.7 cm³/mol. The Bertz CT molecular complexity index is 748. The number of carbonyl (C=O) groups is 1. The van der Waals surface area contributed by atoms with Crippen LogP contribution in [0.4, 0.5) is 0 Å². The number of pyridine rings is 1. The molecule has 0 aliphatic carbocycles. The fourth-order valence-corrected chi connectivity index (χ4v) is 3.48. The van der Waals surface area contributed by atoms with Gasteiger partial charge in [0.1, 0.15) is 0 Å². The van der Waals surface area contributed by atoms with Crippen LogP contribution in [0.15, 0.2) is 30.3 Å². The average molecular weight is 325 g/mol. The van der Waals surface area contributed by atoms with Crippen molar-refractivity contribution >= 4 is 16.8 Å². The van der Waals surface area contributed by atoms with Gasteiger partial charge in [-0.2, -0.15) is 0 Å². The summed E-state index contributed by atoms with van der Waals surface area (Å²) in [7, 11) is 0. The maximum Gasteiger partial charge on any atom is 0.220 e. The molecule has 4 heteroatoms. The Morgan fingerprint density at radius 3 is 2.79 bits per heavy atom. The molecule has 24 heavy (non-hydrogen) atoms. The molecule has 0 unspecified atom stereocenters. The third-order valence-electron chi connectivity index (χ3n) is 4.80. The second-order valence-corrected chi connectivity index (χ2v) is 7.92. The van der Waals surface area contributed by atoms with Crippen molar-refractivity contribution < 1.29 is 4.79 Å². The van der Waals surface area contributed by atoms with Gasteiger partial charge in [-0.3, -0.25) is 9.78 Å². The molecule has 1 aliphatic heterocycles. The number of fused-ring (bicyclic) bond motifs is 1. The number of benzene rings is 1. The Kier molecular flexibility index (Phi) is 4.59. The largest absolute Gasteiger partial charge is 0.351 e. The van der Waals surface area contributed by atoms with E-state index in [4.69, 9.17) is 0 Å². The van der Waals surface area contributed by atoms with Crippen LogP contribution in [0.25, 0.3) is 10.9 Å². The second kappa shape index (κ2) is 6.52. The van der Waals surface area contributed by atoms with E-state index in [1.165, 1.54) is 10.9 Å². The maximum absolute atomic E-state index is 11.8.